The number of hydrogen-bond donors (Lipinski definition) is 3. The Morgan fingerprint density at radius 1 is 1.08 bits per heavy atom. The van der Waals surface area contributed by atoms with Crippen molar-refractivity contribution in [2.24, 2.45) is 0 Å². The molecule has 9 heteroatoms. The molecule has 0 saturated heterocycles. The van der Waals surface area contributed by atoms with E-state index < -0.39 is 10.0 Å². The molecule has 2 rings (SSSR count). The van der Waals surface area contributed by atoms with Crippen LogP contribution in [0.15, 0.2) is 47.6 Å². The lowest BCUT2D eigenvalue weighted by atomic mass is 10.2. The molecule has 0 radical (unpaired) electrons. The number of benzene rings is 1. The van der Waals surface area contributed by atoms with E-state index in [1.54, 1.807) is 18.2 Å². The fourth-order valence-electron chi connectivity index (χ4n) is 2.18. The molecule has 0 atom stereocenters. The lowest BCUT2D eigenvalue weighted by Crippen LogP contribution is -2.29. The number of unbranched alkanes of at least 4 members (excludes halogenated alkanes) is 3. The van der Waals surface area contributed by atoms with E-state index in [2.05, 4.69) is 32.2 Å². The number of aromatic nitrogens is 2. The Balaban J connectivity index is 1.88. The molecule has 7 nitrogen and oxygen atoms in total. The summed E-state index contributed by atoms with van der Waals surface area (Å²) in [6.07, 6.45) is 7.60. The number of rotatable bonds is 9. The average Bonchev–Trinajstić information content (AvgIpc) is 2.62. The van der Waals surface area contributed by atoms with Gasteiger partial charge in [0, 0.05) is 24.6 Å². The van der Waals surface area contributed by atoms with Crippen molar-refractivity contribution in [1.29, 1.82) is 0 Å². The van der Waals surface area contributed by atoms with Crippen molar-refractivity contribution in [2.45, 2.75) is 37.5 Å². The highest BCUT2D eigenvalue weighted by Gasteiger charge is 2.15. The molecule has 1 heterocycles. The Bertz CT molecular complexity index is 796. The summed E-state index contributed by atoms with van der Waals surface area (Å²) >= 11 is 5.24. The van der Waals surface area contributed by atoms with E-state index in [1.807, 2.05) is 0 Å². The molecule has 3 N–H and O–H groups in total. The normalized spacial score (nSPS) is 11.0. The minimum Gasteiger partial charge on any atom is -0.362 e. The van der Waals surface area contributed by atoms with Gasteiger partial charge in [-0.25, -0.2) is 23.1 Å². The summed E-state index contributed by atoms with van der Waals surface area (Å²) in [5.74, 6) is 0.0307. The second-order valence-electron chi connectivity index (χ2n) is 5.64. The lowest BCUT2D eigenvalue weighted by Gasteiger charge is -2.11. The highest BCUT2D eigenvalue weighted by Crippen LogP contribution is 2.16. The number of hydrogen-bond acceptors (Lipinski definition) is 5. The van der Waals surface area contributed by atoms with Crippen molar-refractivity contribution in [2.75, 3.05) is 16.6 Å². The Hall–Kier alpha value is -2.26. The van der Waals surface area contributed by atoms with Crippen molar-refractivity contribution in [3.05, 3.63) is 42.7 Å². The van der Waals surface area contributed by atoms with E-state index in [0.29, 0.717) is 10.8 Å². The van der Waals surface area contributed by atoms with Gasteiger partial charge in [-0.1, -0.05) is 26.2 Å². The number of nitrogens with zero attached hydrogens (tertiary/aromatic N) is 2. The van der Waals surface area contributed by atoms with Crippen LogP contribution in [-0.2, 0) is 10.0 Å². The van der Waals surface area contributed by atoms with Gasteiger partial charge in [0.25, 0.3) is 10.0 Å². The van der Waals surface area contributed by atoms with Gasteiger partial charge in [0.05, 0.1) is 4.90 Å². The molecule has 2 aromatic rings. The molecule has 0 saturated carbocycles. The molecule has 0 amide bonds. The molecule has 0 spiro atoms. The van der Waals surface area contributed by atoms with Gasteiger partial charge in [-0.05, 0) is 49.0 Å². The summed E-state index contributed by atoms with van der Waals surface area (Å²) in [4.78, 5) is 7.83. The minimum absolute atomic E-state index is 0.0307. The van der Waals surface area contributed by atoms with Gasteiger partial charge in [0.15, 0.2) is 5.11 Å². The maximum Gasteiger partial charge on any atom is 0.264 e. The first kappa shape index (κ1) is 20.1. The van der Waals surface area contributed by atoms with Crippen LogP contribution in [0.25, 0.3) is 0 Å². The van der Waals surface area contributed by atoms with Gasteiger partial charge >= 0.3 is 0 Å². The van der Waals surface area contributed by atoms with Gasteiger partial charge < -0.3 is 10.6 Å². The van der Waals surface area contributed by atoms with Crippen molar-refractivity contribution >= 4 is 39.0 Å². The summed E-state index contributed by atoms with van der Waals surface area (Å²) in [6, 6.07) is 7.92. The van der Waals surface area contributed by atoms with Crippen LogP contribution in [0.1, 0.15) is 32.6 Å². The zero-order valence-corrected chi connectivity index (χ0v) is 16.2. The van der Waals surface area contributed by atoms with Crippen LogP contribution in [0, 0.1) is 0 Å². The zero-order valence-electron chi connectivity index (χ0n) is 14.6. The standard InChI is InChI=1S/C17H23N5O2S2/c1-2-3-4-5-11-20-17(25)21-14-7-9-15(10-8-14)26(23,24)22-16-18-12-6-13-19-16/h6-10,12-13H,2-5,11H2,1H3,(H,18,19,22)(H2,20,21,25). The number of thiocarbonyl (C=S) groups is 1. The largest absolute Gasteiger partial charge is 0.362 e. The van der Waals surface area contributed by atoms with E-state index in [4.69, 9.17) is 12.2 Å². The third-order valence-electron chi connectivity index (χ3n) is 3.53. The van der Waals surface area contributed by atoms with Crippen LogP contribution >= 0.6 is 12.2 Å². The summed E-state index contributed by atoms with van der Waals surface area (Å²) in [7, 11) is -3.73. The van der Waals surface area contributed by atoms with Crippen LogP contribution in [0.2, 0.25) is 0 Å². The van der Waals surface area contributed by atoms with Crippen LogP contribution in [-0.4, -0.2) is 30.0 Å². The van der Waals surface area contributed by atoms with E-state index in [0.717, 1.165) is 13.0 Å². The first-order chi connectivity index (χ1) is 12.5. The molecular weight excluding hydrogens is 370 g/mol. The molecule has 0 aliphatic heterocycles. The third kappa shape index (κ3) is 6.57. The lowest BCUT2D eigenvalue weighted by molar-refractivity contribution is 0.601. The predicted octanol–water partition coefficient (Wildman–Crippen LogP) is 3.14. The number of sulfonamides is 1. The van der Waals surface area contributed by atoms with Gasteiger partial charge in [-0.2, -0.15) is 0 Å². The monoisotopic (exact) mass is 393 g/mol. The van der Waals surface area contributed by atoms with Crippen molar-refractivity contribution in [1.82, 2.24) is 15.3 Å². The average molecular weight is 394 g/mol. The van der Waals surface area contributed by atoms with Crippen LogP contribution in [0.4, 0.5) is 11.6 Å². The maximum absolute atomic E-state index is 12.3. The van der Waals surface area contributed by atoms with Crippen LogP contribution in [0.3, 0.4) is 0 Å². The zero-order chi connectivity index (χ0) is 18.8. The number of anilines is 2. The molecule has 1 aromatic carbocycles. The van der Waals surface area contributed by atoms with Gasteiger partial charge in [0.1, 0.15) is 0 Å². The predicted molar refractivity (Wildman–Crippen MR) is 108 cm³/mol. The quantitative estimate of drug-likeness (QED) is 0.445. The highest BCUT2D eigenvalue weighted by molar-refractivity contribution is 7.92. The Labute approximate surface area is 159 Å². The first-order valence-electron chi connectivity index (χ1n) is 8.46. The van der Waals surface area contributed by atoms with Gasteiger partial charge in [-0.3, -0.25) is 0 Å². The first-order valence-corrected chi connectivity index (χ1v) is 10.3. The highest BCUT2D eigenvalue weighted by atomic mass is 32.2. The molecule has 0 bridgehead atoms. The molecule has 0 unspecified atom stereocenters. The van der Waals surface area contributed by atoms with Crippen molar-refractivity contribution in [3.8, 4) is 0 Å². The minimum atomic E-state index is -3.73. The Morgan fingerprint density at radius 3 is 2.42 bits per heavy atom. The van der Waals surface area contributed by atoms with Gasteiger partial charge in [-0.15, -0.1) is 0 Å². The maximum atomic E-state index is 12.3. The van der Waals surface area contributed by atoms with Gasteiger partial charge in [0.2, 0.25) is 5.95 Å². The molecule has 1 aromatic heterocycles. The molecule has 0 aliphatic carbocycles. The van der Waals surface area contributed by atoms with Crippen LogP contribution in [0.5, 0.6) is 0 Å². The Kier molecular flexibility index (Phi) is 7.73. The molecule has 26 heavy (non-hydrogen) atoms. The van der Waals surface area contributed by atoms with E-state index >= 15 is 0 Å². The summed E-state index contributed by atoms with van der Waals surface area (Å²) < 4.78 is 27.0. The van der Waals surface area contributed by atoms with Crippen LogP contribution < -0.4 is 15.4 Å². The SMILES string of the molecule is CCCCCCNC(=S)Nc1ccc(S(=O)(=O)Nc2ncccn2)cc1. The topological polar surface area (TPSA) is 96.0 Å². The fraction of sp³-hybridized carbons (Fsp3) is 0.353. The summed E-state index contributed by atoms with van der Waals surface area (Å²) in [5, 5.41) is 6.70. The Morgan fingerprint density at radius 2 is 1.77 bits per heavy atom. The van der Waals surface area contributed by atoms with Crippen molar-refractivity contribution < 1.29 is 8.42 Å². The molecular formula is C17H23N5O2S2. The van der Waals surface area contributed by atoms with E-state index in [1.165, 1.54) is 43.8 Å². The summed E-state index contributed by atoms with van der Waals surface area (Å²) in [6.45, 7) is 2.99. The molecule has 0 aliphatic rings. The second kappa shape index (κ2) is 10.0. The molecule has 140 valence electrons. The van der Waals surface area contributed by atoms with Crippen molar-refractivity contribution in [3.63, 3.8) is 0 Å². The molecule has 0 fully saturated rings. The fourth-order valence-corrected chi connectivity index (χ4v) is 3.36. The van der Waals surface area contributed by atoms with E-state index in [-0.39, 0.29) is 10.8 Å². The smallest absolute Gasteiger partial charge is 0.264 e. The number of nitrogens with one attached hydrogen (secondary N) is 3. The summed E-state index contributed by atoms with van der Waals surface area (Å²) in [5.41, 5.74) is 0.714. The second-order valence-corrected chi connectivity index (χ2v) is 7.73. The third-order valence-corrected chi connectivity index (χ3v) is 5.12. The van der Waals surface area contributed by atoms with E-state index in [9.17, 15) is 8.42 Å².